The number of benzene rings is 2. The lowest BCUT2D eigenvalue weighted by atomic mass is 9.82. The highest BCUT2D eigenvalue weighted by atomic mass is 16.5. The van der Waals surface area contributed by atoms with Crippen molar-refractivity contribution in [3.8, 4) is 22.9 Å². The van der Waals surface area contributed by atoms with Gasteiger partial charge in [-0.15, -0.1) is 0 Å². The fraction of sp³-hybridized carbons (Fsp3) is 0.222. The number of fused-ring (bicyclic) bond motifs is 2. The second kappa shape index (κ2) is 8.92. The van der Waals surface area contributed by atoms with Crippen molar-refractivity contribution < 1.29 is 14.6 Å². The van der Waals surface area contributed by atoms with Crippen molar-refractivity contribution in [3.63, 3.8) is 0 Å². The Bertz CT molecular complexity index is 1580. The summed E-state index contributed by atoms with van der Waals surface area (Å²) in [5, 5.41) is 14.8. The molecule has 3 heterocycles. The SMILES string of the molecule is Nc1ncnn2c(C3CCC(C(=O)O)CC3)nc(-c3ccc4ccc(Oc5ccccc5)nc4c3)c12. The Labute approximate surface area is 206 Å². The van der Waals surface area contributed by atoms with E-state index in [1.54, 1.807) is 4.52 Å². The van der Waals surface area contributed by atoms with Gasteiger partial charge in [0.1, 0.15) is 29.1 Å². The first-order valence-corrected chi connectivity index (χ1v) is 11.9. The molecule has 0 radical (unpaired) electrons. The third-order valence-corrected chi connectivity index (χ3v) is 6.83. The Kier molecular flexibility index (Phi) is 5.44. The summed E-state index contributed by atoms with van der Waals surface area (Å²) in [7, 11) is 0. The average Bonchev–Trinajstić information content (AvgIpc) is 3.30. The number of carboxylic acid groups (broad SMARTS) is 1. The molecule has 5 aromatic rings. The van der Waals surface area contributed by atoms with Gasteiger partial charge >= 0.3 is 5.97 Å². The van der Waals surface area contributed by atoms with Gasteiger partial charge in [-0.3, -0.25) is 4.79 Å². The van der Waals surface area contributed by atoms with Crippen LogP contribution in [0.4, 0.5) is 5.82 Å². The second-order valence-electron chi connectivity index (χ2n) is 9.08. The quantitative estimate of drug-likeness (QED) is 0.357. The molecule has 3 N–H and O–H groups in total. The molecule has 1 aliphatic carbocycles. The van der Waals surface area contributed by atoms with E-state index in [-0.39, 0.29) is 11.8 Å². The third kappa shape index (κ3) is 3.98. The van der Waals surface area contributed by atoms with Gasteiger partial charge < -0.3 is 15.6 Å². The van der Waals surface area contributed by atoms with Gasteiger partial charge in [0.25, 0.3) is 0 Å². The first-order valence-electron chi connectivity index (χ1n) is 11.9. The number of imidazole rings is 1. The lowest BCUT2D eigenvalue weighted by Gasteiger charge is -2.24. The van der Waals surface area contributed by atoms with Crippen LogP contribution in [0.3, 0.4) is 0 Å². The van der Waals surface area contributed by atoms with Crippen LogP contribution >= 0.6 is 0 Å². The number of hydrogen-bond acceptors (Lipinski definition) is 7. The summed E-state index contributed by atoms with van der Waals surface area (Å²) in [6.45, 7) is 0. The fourth-order valence-electron chi connectivity index (χ4n) is 4.95. The van der Waals surface area contributed by atoms with Crippen molar-refractivity contribution in [1.29, 1.82) is 0 Å². The molecule has 180 valence electrons. The zero-order valence-electron chi connectivity index (χ0n) is 19.4. The molecule has 1 saturated carbocycles. The standard InChI is InChI=1S/C27H24N6O3/c28-25-24-23(32-26(33(24)30-15-29-25)17-7-9-18(10-8-17)27(34)35)19-11-6-16-12-13-22(31-21(16)14-19)36-20-4-2-1-3-5-20/h1-6,11-15,17-18H,7-10H2,(H,34,35)(H2,28,29,30). The zero-order valence-corrected chi connectivity index (χ0v) is 19.4. The van der Waals surface area contributed by atoms with E-state index in [1.807, 2.05) is 60.7 Å². The molecule has 0 saturated heterocycles. The summed E-state index contributed by atoms with van der Waals surface area (Å²) in [5.41, 5.74) is 9.23. The highest BCUT2D eigenvalue weighted by Gasteiger charge is 2.30. The number of anilines is 1. The number of carboxylic acids is 1. The highest BCUT2D eigenvalue weighted by molar-refractivity contribution is 5.90. The summed E-state index contributed by atoms with van der Waals surface area (Å²) < 4.78 is 7.68. The maximum absolute atomic E-state index is 11.4. The molecule has 9 heteroatoms. The number of aliphatic carboxylic acids is 1. The van der Waals surface area contributed by atoms with Crippen molar-refractivity contribution in [3.05, 3.63) is 72.8 Å². The summed E-state index contributed by atoms with van der Waals surface area (Å²) in [6.07, 6.45) is 4.14. The number of para-hydroxylation sites is 1. The van der Waals surface area contributed by atoms with Crippen LogP contribution in [0.2, 0.25) is 0 Å². The number of nitrogen functional groups attached to an aromatic ring is 1. The molecule has 0 atom stereocenters. The summed E-state index contributed by atoms with van der Waals surface area (Å²) in [5.74, 6) is 1.41. The minimum atomic E-state index is -0.729. The van der Waals surface area contributed by atoms with Crippen molar-refractivity contribution in [2.24, 2.45) is 5.92 Å². The first kappa shape index (κ1) is 22.0. The minimum Gasteiger partial charge on any atom is -0.481 e. The second-order valence-corrected chi connectivity index (χ2v) is 9.08. The van der Waals surface area contributed by atoms with Crippen LogP contribution in [0.25, 0.3) is 27.7 Å². The minimum absolute atomic E-state index is 0.0978. The topological polar surface area (TPSA) is 129 Å². The van der Waals surface area contributed by atoms with E-state index in [1.165, 1.54) is 6.33 Å². The molecule has 0 spiro atoms. The van der Waals surface area contributed by atoms with E-state index < -0.39 is 5.97 Å². The average molecular weight is 481 g/mol. The molecule has 1 fully saturated rings. The van der Waals surface area contributed by atoms with Gasteiger partial charge in [-0.25, -0.2) is 19.5 Å². The van der Waals surface area contributed by atoms with Crippen LogP contribution in [0.5, 0.6) is 11.6 Å². The first-order chi connectivity index (χ1) is 17.6. The monoisotopic (exact) mass is 480 g/mol. The van der Waals surface area contributed by atoms with Gasteiger partial charge in [-0.1, -0.05) is 30.3 Å². The Morgan fingerprint density at radius 3 is 2.56 bits per heavy atom. The Balaban J connectivity index is 1.40. The van der Waals surface area contributed by atoms with Crippen molar-refractivity contribution in [2.75, 3.05) is 5.73 Å². The molecule has 36 heavy (non-hydrogen) atoms. The van der Waals surface area contributed by atoms with E-state index in [9.17, 15) is 9.90 Å². The van der Waals surface area contributed by atoms with Gasteiger partial charge in [0, 0.05) is 22.9 Å². The van der Waals surface area contributed by atoms with E-state index in [0.717, 1.165) is 35.1 Å². The van der Waals surface area contributed by atoms with Gasteiger partial charge in [-0.2, -0.15) is 5.10 Å². The highest BCUT2D eigenvalue weighted by Crippen LogP contribution is 2.38. The fourth-order valence-corrected chi connectivity index (χ4v) is 4.95. The van der Waals surface area contributed by atoms with E-state index >= 15 is 0 Å². The molecule has 1 aliphatic rings. The maximum Gasteiger partial charge on any atom is 0.306 e. The predicted octanol–water partition coefficient (Wildman–Crippen LogP) is 5.07. The van der Waals surface area contributed by atoms with E-state index in [0.29, 0.717) is 41.5 Å². The zero-order chi connectivity index (χ0) is 24.6. The molecular formula is C27H24N6O3. The normalized spacial score (nSPS) is 17.9. The molecule has 0 unspecified atom stereocenters. The van der Waals surface area contributed by atoms with Crippen LogP contribution in [0.15, 0.2) is 67.0 Å². The number of pyridine rings is 1. The number of nitrogens with zero attached hydrogens (tertiary/aromatic N) is 5. The Morgan fingerprint density at radius 2 is 1.78 bits per heavy atom. The number of rotatable bonds is 5. The van der Waals surface area contributed by atoms with Crippen molar-refractivity contribution in [1.82, 2.24) is 24.6 Å². The number of hydrogen-bond donors (Lipinski definition) is 2. The molecule has 6 rings (SSSR count). The molecular weight excluding hydrogens is 456 g/mol. The number of nitrogens with two attached hydrogens (primary N) is 1. The van der Waals surface area contributed by atoms with Crippen molar-refractivity contribution >= 4 is 28.2 Å². The van der Waals surface area contributed by atoms with Crippen LogP contribution in [0, 0.1) is 5.92 Å². The van der Waals surface area contributed by atoms with Crippen LogP contribution < -0.4 is 10.5 Å². The molecule has 9 nitrogen and oxygen atoms in total. The molecule has 3 aromatic heterocycles. The smallest absolute Gasteiger partial charge is 0.306 e. The van der Waals surface area contributed by atoms with Crippen molar-refractivity contribution in [2.45, 2.75) is 31.6 Å². The third-order valence-electron chi connectivity index (χ3n) is 6.83. The van der Waals surface area contributed by atoms with Crippen LogP contribution in [-0.2, 0) is 4.79 Å². The van der Waals surface area contributed by atoms with Gasteiger partial charge in [0.15, 0.2) is 5.82 Å². The number of ether oxygens (including phenoxy) is 1. The van der Waals surface area contributed by atoms with Crippen LogP contribution in [-0.4, -0.2) is 35.6 Å². The van der Waals surface area contributed by atoms with Gasteiger partial charge in [-0.05, 0) is 49.9 Å². The molecule has 0 bridgehead atoms. The maximum atomic E-state index is 11.4. The predicted molar refractivity (Wildman–Crippen MR) is 135 cm³/mol. The Hall–Kier alpha value is -4.53. The van der Waals surface area contributed by atoms with E-state index in [2.05, 4.69) is 10.1 Å². The number of aromatic nitrogens is 5. The van der Waals surface area contributed by atoms with Gasteiger partial charge in [0.05, 0.1) is 11.4 Å². The van der Waals surface area contributed by atoms with Crippen LogP contribution in [0.1, 0.15) is 37.4 Å². The summed E-state index contributed by atoms with van der Waals surface area (Å²) in [6, 6.07) is 19.3. The summed E-state index contributed by atoms with van der Waals surface area (Å²) >= 11 is 0. The Morgan fingerprint density at radius 1 is 1.00 bits per heavy atom. The molecule has 2 aromatic carbocycles. The van der Waals surface area contributed by atoms with Gasteiger partial charge in [0.2, 0.25) is 5.88 Å². The largest absolute Gasteiger partial charge is 0.481 e. The number of carbonyl (C=O) groups is 1. The lowest BCUT2D eigenvalue weighted by Crippen LogP contribution is -2.21. The molecule has 0 amide bonds. The lowest BCUT2D eigenvalue weighted by molar-refractivity contribution is -0.142. The molecule has 0 aliphatic heterocycles. The van der Waals surface area contributed by atoms with E-state index in [4.69, 9.17) is 20.4 Å². The summed E-state index contributed by atoms with van der Waals surface area (Å²) in [4.78, 5) is 25.3.